The summed E-state index contributed by atoms with van der Waals surface area (Å²) in [7, 11) is 0. The minimum absolute atomic E-state index is 0. The van der Waals surface area contributed by atoms with Gasteiger partial charge in [0.25, 0.3) is 0 Å². The first-order chi connectivity index (χ1) is 1.00. The molecule has 0 aromatic rings. The summed E-state index contributed by atoms with van der Waals surface area (Å²) in [4.78, 5) is 0. The van der Waals surface area contributed by atoms with E-state index in [1.807, 2.05) is 0 Å². The Morgan fingerprint density at radius 3 is 0.714 bits per heavy atom. The molecule has 0 aromatic heterocycles. The van der Waals surface area contributed by atoms with Crippen LogP contribution in [-0.4, -0.2) is 51.7 Å². The third-order valence-electron chi connectivity index (χ3n) is 0. The zero-order valence-corrected chi connectivity index (χ0v) is 10.7. The predicted molar refractivity (Wildman–Crippen MR) is 14.3 cm³/mol. The van der Waals surface area contributed by atoms with E-state index in [0.29, 0.717) is 0 Å². The second-order valence-corrected chi connectivity index (χ2v) is 0. The van der Waals surface area contributed by atoms with Crippen molar-refractivity contribution in [2.45, 2.75) is 0 Å². The minimum atomic E-state index is 0. The van der Waals surface area contributed by atoms with Gasteiger partial charge < -0.3 is 16.4 Å². The third-order valence-corrected chi connectivity index (χ3v) is 0. The summed E-state index contributed by atoms with van der Waals surface area (Å²) in [6.07, 6.45) is 0. The van der Waals surface area contributed by atoms with Crippen molar-refractivity contribution in [1.29, 1.82) is 0 Å². The molecular formula is In2NiO4. The topological polar surface area (TPSA) is 103 Å². The fourth-order valence-electron chi connectivity index (χ4n) is 0. The molecule has 4 nitrogen and oxygen atoms in total. The Morgan fingerprint density at radius 1 is 0.714 bits per heavy atom. The van der Waals surface area contributed by atoms with Gasteiger partial charge in [-0.05, 0) is 0 Å². The summed E-state index contributed by atoms with van der Waals surface area (Å²) in [5.74, 6) is 0. The van der Waals surface area contributed by atoms with Crippen molar-refractivity contribution in [2.24, 2.45) is 0 Å². The van der Waals surface area contributed by atoms with Gasteiger partial charge in [-0.2, -0.15) is 0 Å². The van der Waals surface area contributed by atoms with E-state index in [9.17, 15) is 0 Å². The molecule has 7 heavy (non-hydrogen) atoms. The summed E-state index contributed by atoms with van der Waals surface area (Å²) in [6, 6.07) is 0. The van der Waals surface area contributed by atoms with Crippen LogP contribution in [0.25, 0.3) is 0 Å². The van der Waals surface area contributed by atoms with Crippen LogP contribution in [0.1, 0.15) is 0 Å². The number of rotatable bonds is 0. The Bertz CT molecular complexity index is 9.65. The van der Waals surface area contributed by atoms with Gasteiger partial charge in [0.1, 0.15) is 0 Å². The molecule has 0 atom stereocenters. The van der Waals surface area contributed by atoms with Gasteiger partial charge >= 0.3 is 71.0 Å². The molecule has 0 spiro atoms. The molecule has 0 bridgehead atoms. The zero-order valence-electron chi connectivity index (χ0n) is 3.10. The second-order valence-electron chi connectivity index (χ2n) is 0. The maximum atomic E-state index is 7.88. The summed E-state index contributed by atoms with van der Waals surface area (Å²) in [6.45, 7) is 0. The standard InChI is InChI=1S/2In.Ni.4O/q2*+3;;;3*-2. The first-order valence-electron chi connectivity index (χ1n) is 0.129. The van der Waals surface area contributed by atoms with Gasteiger partial charge in [0.2, 0.25) is 0 Å². The molecule has 0 amide bonds. The number of hydrogen-bond donors (Lipinski definition) is 0. The normalized spacial score (nSPS) is 0.857. The SMILES string of the molecule is [In+3].[In+3].[O-2].[O-2].[O-2].[O]=[Ni]. The van der Waals surface area contributed by atoms with Gasteiger partial charge in [-0.3, -0.25) is 0 Å². The van der Waals surface area contributed by atoms with Crippen LogP contribution in [0.4, 0.5) is 0 Å². The molecule has 7 heteroatoms. The second kappa shape index (κ2) is 103. The maximum absolute atomic E-state index is 7.88. The third kappa shape index (κ3) is 75.6. The van der Waals surface area contributed by atoms with Gasteiger partial charge in [-0.25, -0.2) is 0 Å². The molecule has 0 aliphatic carbocycles. The molecule has 40 valence electrons. The fourth-order valence-corrected chi connectivity index (χ4v) is 0. The van der Waals surface area contributed by atoms with Crippen molar-refractivity contribution in [1.82, 2.24) is 0 Å². The van der Waals surface area contributed by atoms with Crippen LogP contribution in [0.3, 0.4) is 0 Å². The van der Waals surface area contributed by atoms with Gasteiger partial charge in [0.05, 0.1) is 0 Å². The molecule has 0 saturated heterocycles. The van der Waals surface area contributed by atoms with E-state index in [1.54, 1.807) is 0 Å². The first-order valence-corrected chi connectivity index (χ1v) is 0.532. The molecule has 0 aliphatic rings. The summed E-state index contributed by atoms with van der Waals surface area (Å²) in [5.41, 5.74) is 0. The van der Waals surface area contributed by atoms with Crippen LogP contribution in [-0.2, 0) is 35.7 Å². The monoisotopic (exact) mass is 352 g/mol. The van der Waals surface area contributed by atoms with Crippen LogP contribution in [0.5, 0.6) is 0 Å². The van der Waals surface area contributed by atoms with Crippen LogP contribution < -0.4 is 0 Å². The molecule has 0 aliphatic heterocycles. The molecule has 0 aromatic carbocycles. The predicted octanol–water partition coefficient (Wildman–Crippen LogP) is -1.24. The Hall–Kier alpha value is 1.91. The Morgan fingerprint density at radius 2 is 0.714 bits per heavy atom. The number of hydrogen-bond acceptors (Lipinski definition) is 1. The van der Waals surface area contributed by atoms with Crippen molar-refractivity contribution in [3.05, 3.63) is 0 Å². The summed E-state index contributed by atoms with van der Waals surface area (Å²) < 4.78 is 7.88. The van der Waals surface area contributed by atoms with E-state index in [4.69, 9.17) is 3.90 Å². The molecule has 0 unspecified atom stereocenters. The van der Waals surface area contributed by atoms with E-state index in [-0.39, 0.29) is 68.1 Å². The fraction of sp³-hybridized carbons (Fsp3) is 0. The quantitative estimate of drug-likeness (QED) is 0.500. The molecular weight excluding hydrogens is 352 g/mol. The van der Waals surface area contributed by atoms with Gasteiger partial charge in [0, 0.05) is 0 Å². The van der Waals surface area contributed by atoms with Crippen molar-refractivity contribution in [2.75, 3.05) is 0 Å². The van der Waals surface area contributed by atoms with E-state index in [1.165, 1.54) is 0 Å². The van der Waals surface area contributed by atoms with Crippen LogP contribution in [0.2, 0.25) is 0 Å². The van der Waals surface area contributed by atoms with E-state index >= 15 is 0 Å². The van der Waals surface area contributed by atoms with Gasteiger partial charge in [-0.15, -0.1) is 0 Å². The van der Waals surface area contributed by atoms with E-state index < -0.39 is 0 Å². The van der Waals surface area contributed by atoms with E-state index in [2.05, 4.69) is 15.4 Å². The average molecular weight is 352 g/mol. The molecule has 0 rings (SSSR count). The Labute approximate surface area is 86.5 Å². The molecule has 0 N–H and O–H groups in total. The molecule has 0 heterocycles. The van der Waals surface area contributed by atoms with Crippen molar-refractivity contribution in [3.63, 3.8) is 0 Å². The Balaban J connectivity index is -0.000000000500. The van der Waals surface area contributed by atoms with Gasteiger partial charge in [0.15, 0.2) is 0 Å². The Kier molecular flexibility index (Phi) is 970. The van der Waals surface area contributed by atoms with Crippen LogP contribution >= 0.6 is 0 Å². The van der Waals surface area contributed by atoms with Crippen LogP contribution in [0, 0.1) is 0 Å². The van der Waals surface area contributed by atoms with E-state index in [0.717, 1.165) is 0 Å². The zero-order chi connectivity index (χ0) is 2.00. The molecule has 0 radical (unpaired) electrons. The molecule has 0 saturated carbocycles. The van der Waals surface area contributed by atoms with Crippen LogP contribution in [0.15, 0.2) is 0 Å². The summed E-state index contributed by atoms with van der Waals surface area (Å²) in [5, 5.41) is 0. The first kappa shape index (κ1) is 65.8. The van der Waals surface area contributed by atoms with Gasteiger partial charge in [-0.1, -0.05) is 0 Å². The van der Waals surface area contributed by atoms with Crippen molar-refractivity contribution >= 4 is 51.7 Å². The average Bonchev–Trinajstić information content (AvgIpc) is 1.00. The molecule has 0 fully saturated rings. The van der Waals surface area contributed by atoms with Crippen molar-refractivity contribution < 1.29 is 35.7 Å². The summed E-state index contributed by atoms with van der Waals surface area (Å²) >= 11 is 2.62. The van der Waals surface area contributed by atoms with Crippen molar-refractivity contribution in [3.8, 4) is 0 Å².